The second kappa shape index (κ2) is 5.62. The fourth-order valence-electron chi connectivity index (χ4n) is 0.928. The lowest BCUT2D eigenvalue weighted by Gasteiger charge is -2.24. The van der Waals surface area contributed by atoms with Crippen LogP contribution in [0.2, 0.25) is 0 Å². The summed E-state index contributed by atoms with van der Waals surface area (Å²) in [7, 11) is 0. The Morgan fingerprint density at radius 2 is 1.82 bits per heavy atom. The maximum Gasteiger partial charge on any atom is 0.360 e. The van der Waals surface area contributed by atoms with Gasteiger partial charge in [0.05, 0.1) is 5.60 Å². The van der Waals surface area contributed by atoms with Crippen LogP contribution in [0.3, 0.4) is 0 Å². The molecular formula is C12H18O4S. The van der Waals surface area contributed by atoms with Crippen LogP contribution in [0.5, 0.6) is 5.75 Å². The maximum absolute atomic E-state index is 11.5. The van der Waals surface area contributed by atoms with Crippen molar-refractivity contribution in [3.8, 4) is 5.75 Å². The Morgan fingerprint density at radius 1 is 1.29 bits per heavy atom. The molecule has 17 heavy (non-hydrogen) atoms. The zero-order valence-corrected chi connectivity index (χ0v) is 11.3. The third-order valence-electron chi connectivity index (χ3n) is 2.40. The molecule has 0 fully saturated rings. The molecule has 0 radical (unpaired) electrons. The molecule has 0 aliphatic carbocycles. The first-order valence-electron chi connectivity index (χ1n) is 5.35. The summed E-state index contributed by atoms with van der Waals surface area (Å²) in [5.41, 5.74) is 0.0284. The van der Waals surface area contributed by atoms with E-state index in [-0.39, 0.29) is 0 Å². The largest absolute Gasteiger partial charge is 0.388 e. The predicted octanol–water partition coefficient (Wildman–Crippen LogP) is 2.13. The summed E-state index contributed by atoms with van der Waals surface area (Å²) < 4.78 is 21.6. The highest BCUT2D eigenvalue weighted by molar-refractivity contribution is 7.75. The Hall–Kier alpha value is -0.910. The Balaban J connectivity index is 2.53. The minimum atomic E-state index is -1.91. The van der Waals surface area contributed by atoms with E-state index < -0.39 is 23.1 Å². The summed E-state index contributed by atoms with van der Waals surface area (Å²) in [5.74, 6) is 0.469. The van der Waals surface area contributed by atoms with Gasteiger partial charge in [0.2, 0.25) is 0 Å². The molecule has 0 saturated carbocycles. The van der Waals surface area contributed by atoms with Crippen LogP contribution in [0.4, 0.5) is 0 Å². The molecule has 0 aliphatic heterocycles. The van der Waals surface area contributed by atoms with E-state index in [1.165, 1.54) is 0 Å². The number of aliphatic hydroxyl groups is 1. The molecule has 2 unspecified atom stereocenters. The van der Waals surface area contributed by atoms with Gasteiger partial charge in [0, 0.05) is 0 Å². The van der Waals surface area contributed by atoms with Crippen LogP contribution in [0, 0.1) is 6.92 Å². The molecule has 0 aliphatic rings. The first-order valence-corrected chi connectivity index (χ1v) is 6.35. The van der Waals surface area contributed by atoms with Crippen molar-refractivity contribution in [2.45, 2.75) is 39.4 Å². The smallest absolute Gasteiger partial charge is 0.360 e. The Kier molecular flexibility index (Phi) is 4.68. The quantitative estimate of drug-likeness (QED) is 0.879. The van der Waals surface area contributed by atoms with E-state index in [9.17, 15) is 9.32 Å². The van der Waals surface area contributed by atoms with Crippen molar-refractivity contribution < 1.29 is 17.7 Å². The Morgan fingerprint density at radius 3 is 2.29 bits per heavy atom. The second-order valence-corrected chi connectivity index (χ2v) is 5.26. The van der Waals surface area contributed by atoms with Crippen molar-refractivity contribution in [1.29, 1.82) is 0 Å². The second-order valence-electron chi connectivity index (χ2n) is 4.49. The van der Waals surface area contributed by atoms with Crippen LogP contribution in [-0.4, -0.2) is 21.0 Å². The SMILES string of the molecule is Cc1ccc(OS(=O)OC(C)C(C)(C)O)cc1. The zero-order valence-electron chi connectivity index (χ0n) is 10.5. The van der Waals surface area contributed by atoms with Crippen LogP contribution in [0.1, 0.15) is 26.3 Å². The van der Waals surface area contributed by atoms with E-state index in [0.717, 1.165) is 5.56 Å². The highest BCUT2D eigenvalue weighted by Gasteiger charge is 2.26. The van der Waals surface area contributed by atoms with Crippen LogP contribution in [-0.2, 0) is 15.5 Å². The molecular weight excluding hydrogens is 240 g/mol. The molecule has 0 bridgehead atoms. The monoisotopic (exact) mass is 258 g/mol. The van der Waals surface area contributed by atoms with Gasteiger partial charge in [0.25, 0.3) is 0 Å². The van der Waals surface area contributed by atoms with Gasteiger partial charge < -0.3 is 9.29 Å². The Bertz CT molecular complexity index is 380. The van der Waals surface area contributed by atoms with Crippen molar-refractivity contribution in [1.82, 2.24) is 0 Å². The summed E-state index contributed by atoms with van der Waals surface area (Å²) in [6, 6.07) is 7.13. The summed E-state index contributed by atoms with van der Waals surface area (Å²) in [6.07, 6.45) is -0.589. The lowest BCUT2D eigenvalue weighted by molar-refractivity contribution is -0.0214. The molecule has 0 saturated heterocycles. The van der Waals surface area contributed by atoms with Crippen LogP contribution >= 0.6 is 0 Å². The van der Waals surface area contributed by atoms with Gasteiger partial charge in [-0.25, -0.2) is 0 Å². The van der Waals surface area contributed by atoms with Gasteiger partial charge in [0.15, 0.2) is 0 Å². The van der Waals surface area contributed by atoms with Gasteiger partial charge in [-0.2, -0.15) is 4.21 Å². The summed E-state index contributed by atoms with van der Waals surface area (Å²) in [6.45, 7) is 6.76. The normalized spacial score (nSPS) is 15.4. The van der Waals surface area contributed by atoms with Crippen LogP contribution < -0.4 is 4.18 Å². The zero-order chi connectivity index (χ0) is 13.1. The molecule has 4 nitrogen and oxygen atoms in total. The average Bonchev–Trinajstić information content (AvgIpc) is 2.20. The molecule has 1 aromatic rings. The standard InChI is InChI=1S/C12H18O4S/c1-9-5-7-11(8-6-9)16-17(14)15-10(2)12(3,4)13/h5-8,10,13H,1-4H3. The van der Waals surface area contributed by atoms with Gasteiger partial charge in [-0.05, 0) is 39.8 Å². The maximum atomic E-state index is 11.5. The van der Waals surface area contributed by atoms with E-state index in [1.807, 2.05) is 19.1 Å². The molecule has 0 heterocycles. The topological polar surface area (TPSA) is 55.8 Å². The van der Waals surface area contributed by atoms with Crippen molar-refractivity contribution in [3.63, 3.8) is 0 Å². The van der Waals surface area contributed by atoms with Gasteiger partial charge >= 0.3 is 11.4 Å². The molecule has 1 N–H and O–H groups in total. The van der Waals surface area contributed by atoms with Crippen molar-refractivity contribution in [2.24, 2.45) is 0 Å². The molecule has 1 aromatic carbocycles. The van der Waals surface area contributed by atoms with Gasteiger partial charge in [-0.1, -0.05) is 17.7 Å². The number of hydrogen-bond acceptors (Lipinski definition) is 4. The average molecular weight is 258 g/mol. The molecule has 5 heteroatoms. The highest BCUT2D eigenvalue weighted by atomic mass is 32.2. The fourth-order valence-corrected chi connectivity index (χ4v) is 1.71. The number of rotatable bonds is 5. The first kappa shape index (κ1) is 14.2. The molecule has 1 rings (SSSR count). The van der Waals surface area contributed by atoms with Gasteiger partial charge in [-0.3, -0.25) is 4.18 Å². The third kappa shape index (κ3) is 4.85. The van der Waals surface area contributed by atoms with E-state index in [0.29, 0.717) is 5.75 Å². The minimum Gasteiger partial charge on any atom is -0.388 e. The van der Waals surface area contributed by atoms with Crippen LogP contribution in [0.15, 0.2) is 24.3 Å². The summed E-state index contributed by atoms with van der Waals surface area (Å²) in [4.78, 5) is 0. The first-order chi connectivity index (χ1) is 7.79. The lowest BCUT2D eigenvalue weighted by atomic mass is 10.0. The third-order valence-corrected chi connectivity index (χ3v) is 3.18. The van der Waals surface area contributed by atoms with Crippen molar-refractivity contribution in [2.75, 3.05) is 0 Å². The number of benzene rings is 1. The van der Waals surface area contributed by atoms with Crippen LogP contribution in [0.25, 0.3) is 0 Å². The molecule has 0 spiro atoms. The predicted molar refractivity (Wildman–Crippen MR) is 66.8 cm³/mol. The fraction of sp³-hybridized carbons (Fsp3) is 0.500. The van der Waals surface area contributed by atoms with E-state index in [1.54, 1.807) is 32.9 Å². The minimum absolute atomic E-state index is 0.469. The highest BCUT2D eigenvalue weighted by Crippen LogP contribution is 2.16. The van der Waals surface area contributed by atoms with E-state index in [2.05, 4.69) is 0 Å². The number of hydrogen-bond donors (Lipinski definition) is 1. The van der Waals surface area contributed by atoms with Crippen molar-refractivity contribution in [3.05, 3.63) is 29.8 Å². The van der Waals surface area contributed by atoms with E-state index >= 15 is 0 Å². The van der Waals surface area contributed by atoms with Crippen molar-refractivity contribution >= 4 is 11.4 Å². The van der Waals surface area contributed by atoms with E-state index in [4.69, 9.17) is 8.37 Å². The molecule has 0 aromatic heterocycles. The molecule has 0 amide bonds. The lowest BCUT2D eigenvalue weighted by Crippen LogP contribution is -2.36. The molecule has 96 valence electrons. The molecule has 2 atom stereocenters. The number of aryl methyl sites for hydroxylation is 1. The van der Waals surface area contributed by atoms with Gasteiger partial charge in [0.1, 0.15) is 11.9 Å². The summed E-state index contributed by atoms with van der Waals surface area (Å²) in [5, 5.41) is 9.62. The Labute approximate surface area is 104 Å². The summed E-state index contributed by atoms with van der Waals surface area (Å²) >= 11 is -1.91. The van der Waals surface area contributed by atoms with Gasteiger partial charge in [-0.15, -0.1) is 0 Å².